The number of halogens is 8. The van der Waals surface area contributed by atoms with Crippen LogP contribution in [0.5, 0.6) is 0 Å². The lowest BCUT2D eigenvalue weighted by molar-refractivity contribution is -0.363. The normalized spacial score (nSPS) is 13.1. The minimum atomic E-state index is -6.52. The van der Waals surface area contributed by atoms with E-state index >= 15 is 0 Å². The highest BCUT2D eigenvalue weighted by Crippen LogP contribution is 2.52. The number of carbonyl (C=O) groups is 1. The van der Waals surface area contributed by atoms with Crippen LogP contribution in [0.1, 0.15) is 22.7 Å². The highest BCUT2D eigenvalue weighted by molar-refractivity contribution is 7.11. The molecule has 168 valence electrons. The van der Waals surface area contributed by atoms with Gasteiger partial charge in [-0.25, -0.2) is 4.98 Å². The Morgan fingerprint density at radius 1 is 1.16 bits per heavy atom. The molecule has 0 unspecified atom stereocenters. The Hall–Kier alpha value is -2.41. The first kappa shape index (κ1) is 23.3. The first-order chi connectivity index (χ1) is 14.2. The summed E-state index contributed by atoms with van der Waals surface area (Å²) in [6.45, 7) is 2.97. The summed E-state index contributed by atoms with van der Waals surface area (Å²) in [5, 5.41) is 3.06. The monoisotopic (exact) mass is 489 g/mol. The molecular formula is C17H11ClF7N3O2S. The van der Waals surface area contributed by atoms with Gasteiger partial charge in [0, 0.05) is 0 Å². The largest absolute Gasteiger partial charge is 0.460 e. The van der Waals surface area contributed by atoms with Gasteiger partial charge in [0.1, 0.15) is 10.5 Å². The van der Waals surface area contributed by atoms with E-state index in [0.29, 0.717) is 10.7 Å². The van der Waals surface area contributed by atoms with Gasteiger partial charge < -0.3 is 9.73 Å². The summed E-state index contributed by atoms with van der Waals surface area (Å²) in [4.78, 5) is 15.4. The summed E-state index contributed by atoms with van der Waals surface area (Å²) in [7, 11) is 0. The van der Waals surface area contributed by atoms with E-state index in [1.807, 2.05) is 0 Å². The first-order valence-corrected chi connectivity index (χ1v) is 9.45. The maximum absolute atomic E-state index is 13.9. The lowest BCUT2D eigenvalue weighted by Crippen LogP contribution is -2.50. The van der Waals surface area contributed by atoms with Crippen molar-refractivity contribution < 1.29 is 39.9 Å². The van der Waals surface area contributed by atoms with Crippen molar-refractivity contribution >= 4 is 45.1 Å². The Labute approximate surface area is 178 Å². The molecular weight excluding hydrogens is 479 g/mol. The average Bonchev–Trinajstić information content (AvgIpc) is 3.23. The Morgan fingerprint density at radius 2 is 1.81 bits per heavy atom. The zero-order chi connectivity index (χ0) is 23.4. The van der Waals surface area contributed by atoms with Crippen molar-refractivity contribution in [2.75, 3.05) is 5.32 Å². The lowest BCUT2D eigenvalue weighted by atomic mass is 10.0. The molecule has 0 fully saturated rings. The number of carbonyl (C=O) groups excluding carboxylic acids is 1. The molecule has 1 amide bonds. The smallest absolute Gasteiger partial charge is 0.435 e. The number of fused-ring (bicyclic) bond motifs is 1. The van der Waals surface area contributed by atoms with Crippen LogP contribution in [0.25, 0.3) is 11.1 Å². The van der Waals surface area contributed by atoms with E-state index in [9.17, 15) is 35.5 Å². The molecule has 14 heteroatoms. The van der Waals surface area contributed by atoms with Crippen LogP contribution < -0.4 is 5.32 Å². The van der Waals surface area contributed by atoms with Crippen LogP contribution in [-0.4, -0.2) is 27.4 Å². The summed E-state index contributed by atoms with van der Waals surface area (Å²) in [5.41, 5.74) is 0.0554. The molecule has 1 aromatic carbocycles. The van der Waals surface area contributed by atoms with Crippen LogP contribution >= 0.6 is 23.1 Å². The number of nitrogens with one attached hydrogen (secondary N) is 1. The van der Waals surface area contributed by atoms with Crippen molar-refractivity contribution in [2.45, 2.75) is 38.3 Å². The number of hydrogen-bond acceptors (Lipinski definition) is 5. The van der Waals surface area contributed by atoms with Gasteiger partial charge in [0.2, 0.25) is 5.91 Å². The zero-order valence-electron chi connectivity index (χ0n) is 15.5. The van der Waals surface area contributed by atoms with E-state index in [4.69, 9.17) is 11.6 Å². The molecule has 0 aliphatic rings. The molecule has 0 spiro atoms. The number of anilines is 1. The minimum absolute atomic E-state index is 0.0976. The van der Waals surface area contributed by atoms with Crippen molar-refractivity contribution in [3.05, 3.63) is 39.9 Å². The Bertz CT molecular complexity index is 1160. The van der Waals surface area contributed by atoms with Crippen molar-refractivity contribution in [1.29, 1.82) is 0 Å². The van der Waals surface area contributed by atoms with E-state index in [1.54, 1.807) is 6.92 Å². The standard InChI is InChI=1S/C17H11ClF7N3O2S/c1-6-8(5-10(29)26-13-11(18)7(2)28-31-13)3-4-9-12(6)27-14(30-9)15(19,20)16(21,22)17(23,24)25/h3-4H,5H2,1-2H3,(H,26,29). The van der Waals surface area contributed by atoms with Gasteiger partial charge in [0.05, 0.1) is 17.1 Å². The molecule has 5 nitrogen and oxygen atoms in total. The van der Waals surface area contributed by atoms with E-state index in [-0.39, 0.29) is 28.1 Å². The Kier molecular flexibility index (Phi) is 5.72. The van der Waals surface area contributed by atoms with Crippen LogP contribution in [-0.2, 0) is 17.1 Å². The molecule has 0 saturated carbocycles. The van der Waals surface area contributed by atoms with Gasteiger partial charge in [-0.1, -0.05) is 17.7 Å². The van der Waals surface area contributed by atoms with Gasteiger partial charge in [0.15, 0.2) is 5.58 Å². The van der Waals surface area contributed by atoms with Gasteiger partial charge in [-0.3, -0.25) is 4.79 Å². The van der Waals surface area contributed by atoms with E-state index in [0.717, 1.165) is 17.6 Å². The average molecular weight is 490 g/mol. The molecule has 0 atom stereocenters. The topological polar surface area (TPSA) is 68.0 Å². The third-order valence-corrected chi connectivity index (χ3v) is 5.77. The number of amides is 1. The molecule has 0 radical (unpaired) electrons. The summed E-state index contributed by atoms with van der Waals surface area (Å²) >= 11 is 6.92. The molecule has 0 aliphatic carbocycles. The number of alkyl halides is 7. The third-order valence-electron chi connectivity index (χ3n) is 4.34. The van der Waals surface area contributed by atoms with Crippen LogP contribution in [0.4, 0.5) is 35.7 Å². The zero-order valence-corrected chi connectivity index (χ0v) is 17.1. The second kappa shape index (κ2) is 7.62. The molecule has 0 bridgehead atoms. The highest BCUT2D eigenvalue weighted by atomic mass is 35.5. The van der Waals surface area contributed by atoms with Gasteiger partial charge in [-0.2, -0.15) is 35.1 Å². The number of hydrogen-bond donors (Lipinski definition) is 1. The molecule has 3 aromatic rings. The second-order valence-electron chi connectivity index (χ2n) is 6.50. The van der Waals surface area contributed by atoms with Crippen molar-refractivity contribution in [2.24, 2.45) is 0 Å². The molecule has 2 heterocycles. The van der Waals surface area contributed by atoms with Crippen LogP contribution in [0.2, 0.25) is 5.02 Å². The van der Waals surface area contributed by atoms with Crippen LogP contribution in [0.3, 0.4) is 0 Å². The van der Waals surface area contributed by atoms with E-state index in [1.165, 1.54) is 13.0 Å². The molecule has 0 aliphatic heterocycles. The number of aryl methyl sites for hydroxylation is 2. The number of rotatable bonds is 5. The predicted molar refractivity (Wildman–Crippen MR) is 97.8 cm³/mol. The van der Waals surface area contributed by atoms with Crippen molar-refractivity contribution in [3.63, 3.8) is 0 Å². The Morgan fingerprint density at radius 3 is 2.35 bits per heavy atom. The quantitative estimate of drug-likeness (QED) is 0.445. The SMILES string of the molecule is Cc1nsc(NC(=O)Cc2ccc3oc(C(F)(F)C(F)(F)C(F)(F)F)nc3c2C)c1Cl. The predicted octanol–water partition coefficient (Wildman–Crippen LogP) is 6.03. The number of oxazole rings is 1. The molecule has 1 N–H and O–H groups in total. The molecule has 3 rings (SSSR count). The van der Waals surface area contributed by atoms with Gasteiger partial charge >= 0.3 is 18.0 Å². The molecule has 2 aromatic heterocycles. The number of benzene rings is 1. The fraction of sp³-hybridized carbons (Fsp3) is 0.353. The molecule has 31 heavy (non-hydrogen) atoms. The first-order valence-electron chi connectivity index (χ1n) is 8.30. The summed E-state index contributed by atoms with van der Waals surface area (Å²) in [6.07, 6.45) is -6.81. The van der Waals surface area contributed by atoms with Crippen LogP contribution in [0, 0.1) is 13.8 Å². The van der Waals surface area contributed by atoms with Crippen molar-refractivity contribution in [1.82, 2.24) is 9.36 Å². The van der Waals surface area contributed by atoms with Gasteiger partial charge in [-0.05, 0) is 42.6 Å². The maximum atomic E-state index is 13.9. The lowest BCUT2D eigenvalue weighted by Gasteiger charge is -2.25. The third kappa shape index (κ3) is 3.95. The van der Waals surface area contributed by atoms with E-state index < -0.39 is 35.4 Å². The van der Waals surface area contributed by atoms with Crippen molar-refractivity contribution in [3.8, 4) is 0 Å². The second-order valence-corrected chi connectivity index (χ2v) is 7.65. The molecule has 0 saturated heterocycles. The number of aromatic nitrogens is 2. The summed E-state index contributed by atoms with van der Waals surface area (Å²) < 4.78 is 100. The highest BCUT2D eigenvalue weighted by Gasteiger charge is 2.75. The van der Waals surface area contributed by atoms with Gasteiger partial charge in [-0.15, -0.1) is 0 Å². The summed E-state index contributed by atoms with van der Waals surface area (Å²) in [6, 6.07) is 2.33. The van der Waals surface area contributed by atoms with Crippen LogP contribution in [0.15, 0.2) is 16.5 Å². The maximum Gasteiger partial charge on any atom is 0.460 e. The fourth-order valence-electron chi connectivity index (χ4n) is 2.59. The van der Waals surface area contributed by atoms with E-state index in [2.05, 4.69) is 19.1 Å². The Balaban J connectivity index is 1.91. The van der Waals surface area contributed by atoms with Gasteiger partial charge in [0.25, 0.3) is 5.89 Å². The number of nitrogens with zero attached hydrogens (tertiary/aromatic N) is 2. The fourth-order valence-corrected chi connectivity index (χ4v) is 3.54. The minimum Gasteiger partial charge on any atom is -0.435 e. The summed E-state index contributed by atoms with van der Waals surface area (Å²) in [5.74, 6) is -14.8.